The van der Waals surface area contributed by atoms with E-state index in [-0.39, 0.29) is 9.88 Å². The van der Waals surface area contributed by atoms with E-state index in [1.54, 1.807) is 42.5 Å². The molecule has 3 rings (SSSR count). The highest BCUT2D eigenvalue weighted by atomic mass is 32.2. The standard InChI is InChI=1S/C16H14FNO2S2/c17-11-6-4-5-10(9-11)13-14(16(18)21)15(13)22(19,20)12-7-2-1-3-8-12/h1-9,13-15H,(H2,18,21)/t13-,14+,15+/m1/s1. The summed E-state index contributed by atoms with van der Waals surface area (Å²) in [6.07, 6.45) is 0. The van der Waals surface area contributed by atoms with Gasteiger partial charge in [0.15, 0.2) is 9.84 Å². The third kappa shape index (κ3) is 2.53. The summed E-state index contributed by atoms with van der Waals surface area (Å²) >= 11 is 5.01. The molecule has 2 N–H and O–H groups in total. The van der Waals surface area contributed by atoms with Gasteiger partial charge in [-0.05, 0) is 29.8 Å². The highest BCUT2D eigenvalue weighted by molar-refractivity contribution is 7.92. The van der Waals surface area contributed by atoms with Crippen molar-refractivity contribution in [2.24, 2.45) is 11.7 Å². The fourth-order valence-electron chi connectivity index (χ4n) is 2.89. The minimum absolute atomic E-state index is 0.152. The van der Waals surface area contributed by atoms with Gasteiger partial charge < -0.3 is 5.73 Å². The molecule has 0 spiro atoms. The van der Waals surface area contributed by atoms with Gasteiger partial charge in [0.2, 0.25) is 0 Å². The summed E-state index contributed by atoms with van der Waals surface area (Å²) in [6.45, 7) is 0. The zero-order valence-corrected chi connectivity index (χ0v) is 13.1. The number of halogens is 1. The fraction of sp³-hybridized carbons (Fsp3) is 0.188. The highest BCUT2D eigenvalue weighted by Gasteiger charge is 2.60. The lowest BCUT2D eigenvalue weighted by atomic mass is 10.1. The molecule has 0 bridgehead atoms. The predicted molar refractivity (Wildman–Crippen MR) is 86.8 cm³/mol. The molecule has 1 aliphatic carbocycles. The molecule has 0 amide bonds. The van der Waals surface area contributed by atoms with Gasteiger partial charge in [-0.15, -0.1) is 0 Å². The lowest BCUT2D eigenvalue weighted by Crippen LogP contribution is -2.17. The first kappa shape index (κ1) is 15.1. The van der Waals surface area contributed by atoms with E-state index in [9.17, 15) is 12.8 Å². The number of sulfone groups is 1. The molecule has 0 aromatic heterocycles. The molecular formula is C16H14FNO2S2. The minimum atomic E-state index is -3.56. The van der Waals surface area contributed by atoms with Crippen LogP contribution in [-0.4, -0.2) is 18.7 Å². The molecule has 2 aromatic carbocycles. The fourth-order valence-corrected chi connectivity index (χ4v) is 5.44. The molecule has 0 unspecified atom stereocenters. The molecule has 3 atom stereocenters. The van der Waals surface area contributed by atoms with E-state index in [0.717, 1.165) is 0 Å². The summed E-state index contributed by atoms with van der Waals surface area (Å²) in [5.41, 5.74) is 6.32. The van der Waals surface area contributed by atoms with Crippen molar-refractivity contribution < 1.29 is 12.8 Å². The maximum absolute atomic E-state index is 13.4. The molecule has 1 fully saturated rings. The number of benzene rings is 2. The van der Waals surface area contributed by atoms with Crippen LogP contribution in [0.3, 0.4) is 0 Å². The first-order chi connectivity index (χ1) is 10.4. The summed E-state index contributed by atoms with van der Waals surface area (Å²) in [5, 5.41) is -0.728. The van der Waals surface area contributed by atoms with Crippen molar-refractivity contribution in [1.82, 2.24) is 0 Å². The van der Waals surface area contributed by atoms with Crippen LogP contribution < -0.4 is 5.73 Å². The van der Waals surface area contributed by atoms with Gasteiger partial charge in [-0.25, -0.2) is 12.8 Å². The smallest absolute Gasteiger partial charge is 0.182 e. The first-order valence-corrected chi connectivity index (χ1v) is 8.72. The van der Waals surface area contributed by atoms with Gasteiger partial charge in [0.1, 0.15) is 5.82 Å². The third-order valence-corrected chi connectivity index (χ3v) is 6.45. The van der Waals surface area contributed by atoms with Crippen LogP contribution in [0.2, 0.25) is 0 Å². The number of rotatable bonds is 4. The van der Waals surface area contributed by atoms with Gasteiger partial charge in [0, 0.05) is 11.8 Å². The molecule has 2 aromatic rings. The molecule has 3 nitrogen and oxygen atoms in total. The van der Waals surface area contributed by atoms with Gasteiger partial charge in [-0.1, -0.05) is 42.5 Å². The maximum Gasteiger partial charge on any atom is 0.182 e. The van der Waals surface area contributed by atoms with Crippen molar-refractivity contribution >= 4 is 27.0 Å². The van der Waals surface area contributed by atoms with Crippen molar-refractivity contribution in [3.63, 3.8) is 0 Å². The van der Waals surface area contributed by atoms with Crippen molar-refractivity contribution in [1.29, 1.82) is 0 Å². The monoisotopic (exact) mass is 335 g/mol. The summed E-state index contributed by atoms with van der Waals surface area (Å²) in [7, 11) is -3.56. The van der Waals surface area contributed by atoms with Crippen LogP contribution in [-0.2, 0) is 9.84 Å². The Labute approximate surface area is 133 Å². The SMILES string of the molecule is NC(=S)[C@H]1[C@@H](c2cccc(F)c2)[C@@H]1S(=O)(=O)c1ccccc1. The van der Waals surface area contributed by atoms with Crippen molar-refractivity contribution in [2.45, 2.75) is 16.1 Å². The summed E-state index contributed by atoms with van der Waals surface area (Å²) < 4.78 is 39.0. The maximum atomic E-state index is 13.4. The predicted octanol–water partition coefficient (Wildman–Crippen LogP) is 2.67. The van der Waals surface area contributed by atoms with Crippen LogP contribution in [0.4, 0.5) is 4.39 Å². The minimum Gasteiger partial charge on any atom is -0.393 e. The zero-order chi connectivity index (χ0) is 15.9. The molecule has 0 aliphatic heterocycles. The Kier molecular flexibility index (Phi) is 3.74. The molecule has 22 heavy (non-hydrogen) atoms. The lowest BCUT2D eigenvalue weighted by molar-refractivity contribution is 0.593. The van der Waals surface area contributed by atoms with Crippen LogP contribution in [0.15, 0.2) is 59.5 Å². The molecule has 114 valence electrons. The average molecular weight is 335 g/mol. The number of thiocarbonyl (C=S) groups is 1. The van der Waals surface area contributed by atoms with E-state index in [4.69, 9.17) is 18.0 Å². The first-order valence-electron chi connectivity index (χ1n) is 6.76. The largest absolute Gasteiger partial charge is 0.393 e. The van der Waals surface area contributed by atoms with E-state index in [1.807, 2.05) is 0 Å². The van der Waals surface area contributed by atoms with Gasteiger partial charge >= 0.3 is 0 Å². The average Bonchev–Trinajstić information content (AvgIpc) is 3.25. The molecule has 6 heteroatoms. The Morgan fingerprint density at radius 3 is 2.36 bits per heavy atom. The third-order valence-electron chi connectivity index (χ3n) is 3.95. The Balaban J connectivity index is 2.01. The van der Waals surface area contributed by atoms with Crippen LogP contribution in [0.25, 0.3) is 0 Å². The second-order valence-corrected chi connectivity index (χ2v) is 7.91. The normalized spacial score (nSPS) is 24.0. The summed E-state index contributed by atoms with van der Waals surface area (Å²) in [5.74, 6) is -1.25. The van der Waals surface area contributed by atoms with E-state index in [0.29, 0.717) is 5.56 Å². The van der Waals surface area contributed by atoms with E-state index < -0.39 is 32.7 Å². The summed E-state index contributed by atoms with van der Waals surface area (Å²) in [4.78, 5) is 0.388. The highest BCUT2D eigenvalue weighted by Crippen LogP contribution is 2.54. The molecular weight excluding hydrogens is 321 g/mol. The van der Waals surface area contributed by atoms with Crippen LogP contribution in [0.1, 0.15) is 11.5 Å². The van der Waals surface area contributed by atoms with Gasteiger partial charge in [-0.2, -0.15) is 0 Å². The number of hydrogen-bond donors (Lipinski definition) is 1. The number of nitrogens with two attached hydrogens (primary N) is 1. The quantitative estimate of drug-likeness (QED) is 0.873. The van der Waals surface area contributed by atoms with E-state index in [1.165, 1.54) is 12.1 Å². The second-order valence-electron chi connectivity index (χ2n) is 5.33. The molecule has 1 aliphatic rings. The van der Waals surface area contributed by atoms with Crippen molar-refractivity contribution in [3.8, 4) is 0 Å². The van der Waals surface area contributed by atoms with Crippen molar-refractivity contribution in [2.75, 3.05) is 0 Å². The van der Waals surface area contributed by atoms with Crippen LogP contribution in [0.5, 0.6) is 0 Å². The Hall–Kier alpha value is -1.79. The van der Waals surface area contributed by atoms with E-state index in [2.05, 4.69) is 0 Å². The molecule has 0 saturated heterocycles. The summed E-state index contributed by atoms with van der Waals surface area (Å²) in [6, 6.07) is 14.1. The number of hydrogen-bond acceptors (Lipinski definition) is 3. The molecule has 1 saturated carbocycles. The molecule has 0 radical (unpaired) electrons. The van der Waals surface area contributed by atoms with Crippen molar-refractivity contribution in [3.05, 3.63) is 66.0 Å². The van der Waals surface area contributed by atoms with Gasteiger partial charge in [0.05, 0.1) is 15.1 Å². The Morgan fingerprint density at radius 1 is 1.09 bits per heavy atom. The van der Waals surface area contributed by atoms with Crippen LogP contribution >= 0.6 is 12.2 Å². The van der Waals surface area contributed by atoms with E-state index >= 15 is 0 Å². The Bertz CT molecular complexity index is 821. The topological polar surface area (TPSA) is 60.2 Å². The second kappa shape index (κ2) is 5.44. The Morgan fingerprint density at radius 2 is 1.77 bits per heavy atom. The zero-order valence-electron chi connectivity index (χ0n) is 11.5. The van der Waals surface area contributed by atoms with Gasteiger partial charge in [-0.3, -0.25) is 0 Å². The van der Waals surface area contributed by atoms with Gasteiger partial charge in [0.25, 0.3) is 0 Å². The lowest BCUT2D eigenvalue weighted by Gasteiger charge is -2.04. The molecule has 0 heterocycles. The van der Waals surface area contributed by atoms with Crippen LogP contribution in [0, 0.1) is 11.7 Å².